The van der Waals surface area contributed by atoms with Gasteiger partial charge in [0.1, 0.15) is 11.6 Å². The van der Waals surface area contributed by atoms with Gasteiger partial charge >= 0.3 is 0 Å². The summed E-state index contributed by atoms with van der Waals surface area (Å²) in [5.74, 6) is 1.26. The Labute approximate surface area is 101 Å². The maximum Gasteiger partial charge on any atom is 0.131 e. The van der Waals surface area contributed by atoms with Gasteiger partial charge in [-0.2, -0.15) is 0 Å². The van der Waals surface area contributed by atoms with Gasteiger partial charge in [-0.05, 0) is 12.0 Å². The second-order valence-corrected chi connectivity index (χ2v) is 3.89. The van der Waals surface area contributed by atoms with E-state index in [4.69, 9.17) is 11.5 Å². The van der Waals surface area contributed by atoms with E-state index in [1.54, 1.807) is 6.20 Å². The van der Waals surface area contributed by atoms with Crippen LogP contribution in [0.2, 0.25) is 0 Å². The first-order chi connectivity index (χ1) is 8.29. The van der Waals surface area contributed by atoms with Gasteiger partial charge in [-0.3, -0.25) is 0 Å². The minimum atomic E-state index is 0.380. The zero-order valence-electron chi connectivity index (χ0n) is 9.63. The highest BCUT2D eigenvalue weighted by Gasteiger charge is 2.03. The van der Waals surface area contributed by atoms with Crippen LogP contribution in [0.4, 0.5) is 5.82 Å². The Morgan fingerprint density at radius 1 is 1.06 bits per heavy atom. The zero-order valence-corrected chi connectivity index (χ0v) is 9.63. The summed E-state index contributed by atoms with van der Waals surface area (Å²) in [5, 5.41) is 0. The molecule has 4 N–H and O–H groups in total. The van der Waals surface area contributed by atoms with Crippen LogP contribution in [-0.4, -0.2) is 9.97 Å². The van der Waals surface area contributed by atoms with Crippen molar-refractivity contribution >= 4 is 5.82 Å². The molecule has 0 radical (unpaired) electrons. The number of nitrogen functional groups attached to an aromatic ring is 1. The molecule has 4 heteroatoms. The summed E-state index contributed by atoms with van der Waals surface area (Å²) in [7, 11) is 0. The Morgan fingerprint density at radius 3 is 2.47 bits per heavy atom. The highest BCUT2D eigenvalue weighted by Crippen LogP contribution is 2.08. The molecule has 0 atom stereocenters. The Hall–Kier alpha value is -1.94. The number of aryl methyl sites for hydroxylation is 2. The number of rotatable bonds is 4. The maximum atomic E-state index is 5.77. The van der Waals surface area contributed by atoms with Crippen molar-refractivity contribution in [3.05, 3.63) is 53.5 Å². The Bertz CT molecular complexity index is 482. The molecule has 0 spiro atoms. The first kappa shape index (κ1) is 11.5. The minimum absolute atomic E-state index is 0.380. The molecule has 1 aromatic carbocycles. The molecule has 0 aliphatic rings. The predicted octanol–water partition coefficient (Wildman–Crippen LogP) is 1.30. The molecule has 2 rings (SSSR count). The van der Waals surface area contributed by atoms with E-state index in [1.807, 2.05) is 18.2 Å². The van der Waals surface area contributed by atoms with E-state index in [0.717, 1.165) is 24.2 Å². The molecule has 1 heterocycles. The van der Waals surface area contributed by atoms with Gasteiger partial charge in [0.25, 0.3) is 0 Å². The van der Waals surface area contributed by atoms with Gasteiger partial charge < -0.3 is 11.5 Å². The monoisotopic (exact) mass is 228 g/mol. The van der Waals surface area contributed by atoms with Gasteiger partial charge in [0.05, 0.1) is 0 Å². The lowest BCUT2D eigenvalue weighted by Gasteiger charge is -2.04. The largest absolute Gasteiger partial charge is 0.383 e. The molecule has 0 unspecified atom stereocenters. The number of hydrogen-bond acceptors (Lipinski definition) is 4. The van der Waals surface area contributed by atoms with Crippen molar-refractivity contribution in [2.24, 2.45) is 5.73 Å². The smallest absolute Gasteiger partial charge is 0.131 e. The van der Waals surface area contributed by atoms with Crippen LogP contribution in [0.25, 0.3) is 0 Å². The van der Waals surface area contributed by atoms with E-state index in [9.17, 15) is 0 Å². The van der Waals surface area contributed by atoms with Crippen molar-refractivity contribution in [2.75, 3.05) is 5.73 Å². The normalized spacial score (nSPS) is 10.4. The highest BCUT2D eigenvalue weighted by molar-refractivity contribution is 5.37. The quantitative estimate of drug-likeness (QED) is 0.827. The second-order valence-electron chi connectivity index (χ2n) is 3.89. The third-order valence-corrected chi connectivity index (χ3v) is 2.65. The van der Waals surface area contributed by atoms with Crippen LogP contribution >= 0.6 is 0 Å². The van der Waals surface area contributed by atoms with Crippen molar-refractivity contribution in [3.8, 4) is 0 Å². The van der Waals surface area contributed by atoms with Gasteiger partial charge in [-0.15, -0.1) is 0 Å². The summed E-state index contributed by atoms with van der Waals surface area (Å²) in [4.78, 5) is 8.50. The molecule has 17 heavy (non-hydrogen) atoms. The van der Waals surface area contributed by atoms with Crippen LogP contribution < -0.4 is 11.5 Å². The second kappa shape index (κ2) is 5.41. The van der Waals surface area contributed by atoms with Crippen LogP contribution in [0.3, 0.4) is 0 Å². The molecular formula is C13H16N4. The Morgan fingerprint density at radius 2 is 1.82 bits per heavy atom. The summed E-state index contributed by atoms with van der Waals surface area (Å²) in [5.41, 5.74) is 13.4. The third kappa shape index (κ3) is 3.01. The molecular weight excluding hydrogens is 212 g/mol. The fraction of sp³-hybridized carbons (Fsp3) is 0.231. The molecule has 0 aliphatic heterocycles. The van der Waals surface area contributed by atoms with Gasteiger partial charge in [-0.1, -0.05) is 30.3 Å². The number of nitrogens with zero attached hydrogens (tertiary/aromatic N) is 2. The highest BCUT2D eigenvalue weighted by atomic mass is 14.9. The van der Waals surface area contributed by atoms with Crippen LogP contribution in [0.5, 0.6) is 0 Å². The third-order valence-electron chi connectivity index (χ3n) is 2.65. The summed E-state index contributed by atoms with van der Waals surface area (Å²) in [6, 6.07) is 10.3. The average molecular weight is 228 g/mol. The van der Waals surface area contributed by atoms with E-state index in [1.165, 1.54) is 5.56 Å². The summed E-state index contributed by atoms with van der Waals surface area (Å²) < 4.78 is 0. The molecule has 0 bridgehead atoms. The SMILES string of the molecule is NCc1cnc(CCc2ccccc2)nc1N. The van der Waals surface area contributed by atoms with Crippen LogP contribution in [-0.2, 0) is 19.4 Å². The minimum Gasteiger partial charge on any atom is -0.383 e. The summed E-state index contributed by atoms with van der Waals surface area (Å²) in [6.45, 7) is 0.380. The van der Waals surface area contributed by atoms with Crippen LogP contribution in [0.1, 0.15) is 17.0 Å². The number of anilines is 1. The van der Waals surface area contributed by atoms with Crippen molar-refractivity contribution in [3.63, 3.8) is 0 Å². The van der Waals surface area contributed by atoms with Gasteiger partial charge in [0.2, 0.25) is 0 Å². The summed E-state index contributed by atoms with van der Waals surface area (Å²) in [6.07, 6.45) is 3.42. The van der Waals surface area contributed by atoms with E-state index < -0.39 is 0 Å². The standard InChI is InChI=1S/C13H16N4/c14-8-11-9-16-12(17-13(11)15)7-6-10-4-2-1-3-5-10/h1-5,9H,6-8,14H2,(H2,15,16,17). The van der Waals surface area contributed by atoms with E-state index in [-0.39, 0.29) is 0 Å². The van der Waals surface area contributed by atoms with Crippen molar-refractivity contribution < 1.29 is 0 Å². The van der Waals surface area contributed by atoms with Crippen LogP contribution in [0.15, 0.2) is 36.5 Å². The Balaban J connectivity index is 2.02. The number of aromatic nitrogens is 2. The van der Waals surface area contributed by atoms with E-state index in [2.05, 4.69) is 22.1 Å². The Kier molecular flexibility index (Phi) is 3.67. The molecule has 0 saturated heterocycles. The first-order valence-electron chi connectivity index (χ1n) is 5.64. The van der Waals surface area contributed by atoms with Gasteiger partial charge in [-0.25, -0.2) is 9.97 Å². The van der Waals surface area contributed by atoms with Gasteiger partial charge in [0, 0.05) is 24.7 Å². The fourth-order valence-corrected chi connectivity index (χ4v) is 1.64. The van der Waals surface area contributed by atoms with Crippen molar-refractivity contribution in [1.82, 2.24) is 9.97 Å². The number of benzene rings is 1. The number of hydrogen-bond donors (Lipinski definition) is 2. The molecule has 1 aromatic heterocycles. The van der Waals surface area contributed by atoms with Gasteiger partial charge in [0.15, 0.2) is 0 Å². The molecule has 0 amide bonds. The number of nitrogens with two attached hydrogens (primary N) is 2. The zero-order chi connectivity index (χ0) is 12.1. The van der Waals surface area contributed by atoms with Crippen molar-refractivity contribution in [1.29, 1.82) is 0 Å². The lowest BCUT2D eigenvalue weighted by atomic mass is 10.1. The fourth-order valence-electron chi connectivity index (χ4n) is 1.64. The van der Waals surface area contributed by atoms with E-state index in [0.29, 0.717) is 12.4 Å². The topological polar surface area (TPSA) is 77.8 Å². The predicted molar refractivity (Wildman–Crippen MR) is 68.2 cm³/mol. The molecule has 4 nitrogen and oxygen atoms in total. The molecule has 0 fully saturated rings. The first-order valence-corrected chi connectivity index (χ1v) is 5.64. The maximum absolute atomic E-state index is 5.77. The lowest BCUT2D eigenvalue weighted by Crippen LogP contribution is -2.08. The van der Waals surface area contributed by atoms with Crippen LogP contribution in [0, 0.1) is 0 Å². The van der Waals surface area contributed by atoms with Crippen molar-refractivity contribution in [2.45, 2.75) is 19.4 Å². The molecule has 0 aliphatic carbocycles. The average Bonchev–Trinajstić information content (AvgIpc) is 2.38. The lowest BCUT2D eigenvalue weighted by molar-refractivity contribution is 0.849. The molecule has 0 saturated carbocycles. The molecule has 2 aromatic rings. The van der Waals surface area contributed by atoms with E-state index >= 15 is 0 Å². The summed E-state index contributed by atoms with van der Waals surface area (Å²) >= 11 is 0. The molecule has 88 valence electrons.